The van der Waals surface area contributed by atoms with E-state index in [2.05, 4.69) is 0 Å². The summed E-state index contributed by atoms with van der Waals surface area (Å²) in [6.07, 6.45) is 2.33. The highest BCUT2D eigenvalue weighted by atomic mass is 16.6. The summed E-state index contributed by atoms with van der Waals surface area (Å²) < 4.78 is 5.03. The first-order valence-electron chi connectivity index (χ1n) is 6.77. The lowest BCUT2D eigenvalue weighted by Crippen LogP contribution is -2.04. The molecule has 0 spiro atoms. The molecule has 0 bridgehead atoms. The number of carbonyl (C=O) groups is 1. The summed E-state index contributed by atoms with van der Waals surface area (Å²) in [5.41, 5.74) is 0.408. The Balaban J connectivity index is 2.13. The average molecular weight is 328 g/mol. The van der Waals surface area contributed by atoms with Crippen molar-refractivity contribution in [3.8, 4) is 5.75 Å². The van der Waals surface area contributed by atoms with Crippen LogP contribution in [0.4, 0.5) is 11.4 Å². The van der Waals surface area contributed by atoms with Gasteiger partial charge >= 0.3 is 5.97 Å². The quantitative estimate of drug-likeness (QED) is 0.273. The van der Waals surface area contributed by atoms with E-state index >= 15 is 0 Å². The maximum absolute atomic E-state index is 11.8. The molecule has 0 unspecified atom stereocenters. The van der Waals surface area contributed by atoms with Crippen LogP contribution in [-0.4, -0.2) is 15.8 Å². The highest BCUT2D eigenvalue weighted by molar-refractivity contribution is 5.89. The molecular formula is C16H12N2O6. The Labute approximate surface area is 136 Å². The number of carbonyl (C=O) groups excluding carboxylic acids is 1. The molecule has 0 saturated carbocycles. The second-order valence-corrected chi connectivity index (χ2v) is 4.78. The smallest absolute Gasteiger partial charge is 0.336 e. The summed E-state index contributed by atoms with van der Waals surface area (Å²) in [6, 6.07) is 9.87. The van der Waals surface area contributed by atoms with Gasteiger partial charge in [0.05, 0.1) is 15.4 Å². The van der Waals surface area contributed by atoms with Gasteiger partial charge in [-0.2, -0.15) is 0 Å². The average Bonchev–Trinajstić information content (AvgIpc) is 2.52. The summed E-state index contributed by atoms with van der Waals surface area (Å²) >= 11 is 0. The number of para-hydroxylation sites is 1. The maximum Gasteiger partial charge on any atom is 0.336 e. The number of ether oxygens (including phenoxy) is 1. The van der Waals surface area contributed by atoms with Crippen molar-refractivity contribution in [1.82, 2.24) is 0 Å². The van der Waals surface area contributed by atoms with Gasteiger partial charge in [0.25, 0.3) is 11.4 Å². The lowest BCUT2D eigenvalue weighted by atomic mass is 10.1. The molecule has 2 aromatic rings. The van der Waals surface area contributed by atoms with Gasteiger partial charge in [-0.25, -0.2) is 4.79 Å². The predicted molar refractivity (Wildman–Crippen MR) is 85.6 cm³/mol. The van der Waals surface area contributed by atoms with Crippen LogP contribution in [0.3, 0.4) is 0 Å². The van der Waals surface area contributed by atoms with Gasteiger partial charge < -0.3 is 4.74 Å². The van der Waals surface area contributed by atoms with Gasteiger partial charge in [-0.3, -0.25) is 20.2 Å². The van der Waals surface area contributed by atoms with Crippen molar-refractivity contribution in [3.05, 3.63) is 79.9 Å². The molecule has 24 heavy (non-hydrogen) atoms. The van der Waals surface area contributed by atoms with Crippen LogP contribution in [0.2, 0.25) is 0 Å². The summed E-state index contributed by atoms with van der Waals surface area (Å²) in [4.78, 5) is 32.3. The molecule has 2 aromatic carbocycles. The second kappa shape index (κ2) is 7.14. The van der Waals surface area contributed by atoms with Crippen LogP contribution in [0.1, 0.15) is 11.1 Å². The lowest BCUT2D eigenvalue weighted by Gasteiger charge is -2.03. The zero-order valence-electron chi connectivity index (χ0n) is 12.5. The molecule has 0 aliphatic carbocycles. The molecule has 0 amide bonds. The van der Waals surface area contributed by atoms with E-state index in [9.17, 15) is 25.0 Å². The van der Waals surface area contributed by atoms with E-state index in [4.69, 9.17) is 4.74 Å². The van der Waals surface area contributed by atoms with Crippen molar-refractivity contribution in [3.63, 3.8) is 0 Å². The molecule has 0 heterocycles. The maximum atomic E-state index is 11.8. The van der Waals surface area contributed by atoms with Crippen LogP contribution in [0.25, 0.3) is 6.08 Å². The lowest BCUT2D eigenvalue weighted by molar-refractivity contribution is -0.385. The number of nitro groups is 2. The molecule has 0 atom stereocenters. The first-order valence-corrected chi connectivity index (χ1v) is 6.77. The van der Waals surface area contributed by atoms with Crippen molar-refractivity contribution in [2.45, 2.75) is 6.92 Å². The largest absolute Gasteiger partial charge is 0.423 e. The van der Waals surface area contributed by atoms with Crippen molar-refractivity contribution >= 4 is 23.4 Å². The van der Waals surface area contributed by atoms with Crippen LogP contribution in [0.5, 0.6) is 5.75 Å². The number of esters is 1. The molecule has 0 N–H and O–H groups in total. The molecule has 122 valence electrons. The Bertz CT molecular complexity index is 844. The van der Waals surface area contributed by atoms with Crippen molar-refractivity contribution in [2.24, 2.45) is 0 Å². The summed E-state index contributed by atoms with van der Waals surface area (Å²) in [5.74, 6) is -0.600. The first kappa shape index (κ1) is 16.8. The monoisotopic (exact) mass is 328 g/mol. The van der Waals surface area contributed by atoms with E-state index in [-0.39, 0.29) is 22.7 Å². The highest BCUT2D eigenvalue weighted by Crippen LogP contribution is 2.23. The minimum atomic E-state index is -0.749. The van der Waals surface area contributed by atoms with E-state index in [1.165, 1.54) is 49.4 Å². The third-order valence-electron chi connectivity index (χ3n) is 3.12. The Morgan fingerprint density at radius 3 is 2.33 bits per heavy atom. The number of nitro benzene ring substituents is 2. The van der Waals surface area contributed by atoms with Gasteiger partial charge in [0.2, 0.25) is 0 Å². The standard InChI is InChI=1S/C16H12N2O6/c1-11-10-13(7-8-14(11)17(20)21)24-16(19)9-6-12-4-2-3-5-15(12)18(22)23/h2-10H,1H3/b9-6+. The van der Waals surface area contributed by atoms with Crippen LogP contribution in [0, 0.1) is 27.2 Å². The zero-order chi connectivity index (χ0) is 17.7. The topological polar surface area (TPSA) is 113 Å². The fourth-order valence-electron chi connectivity index (χ4n) is 2.00. The number of aryl methyl sites for hydroxylation is 1. The van der Waals surface area contributed by atoms with E-state index < -0.39 is 15.8 Å². The van der Waals surface area contributed by atoms with Crippen LogP contribution < -0.4 is 4.74 Å². The molecule has 8 nitrogen and oxygen atoms in total. The molecule has 0 saturated heterocycles. The molecule has 0 aliphatic heterocycles. The molecule has 0 radical (unpaired) electrons. The second-order valence-electron chi connectivity index (χ2n) is 4.78. The Morgan fingerprint density at radius 1 is 1.04 bits per heavy atom. The minimum absolute atomic E-state index is 0.0785. The Morgan fingerprint density at radius 2 is 1.71 bits per heavy atom. The fourth-order valence-corrected chi connectivity index (χ4v) is 2.00. The van der Waals surface area contributed by atoms with Gasteiger partial charge in [-0.1, -0.05) is 12.1 Å². The van der Waals surface area contributed by atoms with Crippen LogP contribution in [0.15, 0.2) is 48.5 Å². The van der Waals surface area contributed by atoms with Crippen molar-refractivity contribution in [1.29, 1.82) is 0 Å². The summed E-state index contributed by atoms with van der Waals surface area (Å²) in [7, 11) is 0. The molecule has 0 aliphatic rings. The fraction of sp³-hybridized carbons (Fsp3) is 0.0625. The number of benzene rings is 2. The minimum Gasteiger partial charge on any atom is -0.423 e. The van der Waals surface area contributed by atoms with Gasteiger partial charge in [0, 0.05) is 23.8 Å². The van der Waals surface area contributed by atoms with Crippen LogP contribution in [-0.2, 0) is 4.79 Å². The predicted octanol–water partition coefficient (Wildman–Crippen LogP) is 3.43. The highest BCUT2D eigenvalue weighted by Gasteiger charge is 2.13. The van der Waals surface area contributed by atoms with Gasteiger partial charge in [0.15, 0.2) is 0 Å². The molecule has 0 aromatic heterocycles. The molecule has 8 heteroatoms. The normalized spacial score (nSPS) is 10.5. The Kier molecular flexibility index (Phi) is 5.00. The SMILES string of the molecule is Cc1cc(OC(=O)/C=C/c2ccccc2[N+](=O)[O-])ccc1[N+](=O)[O-]. The summed E-state index contributed by atoms with van der Waals surface area (Å²) in [5, 5.41) is 21.6. The van der Waals surface area contributed by atoms with E-state index in [1.807, 2.05) is 0 Å². The molecule has 2 rings (SSSR count). The van der Waals surface area contributed by atoms with Gasteiger partial charge in [-0.15, -0.1) is 0 Å². The Hall–Kier alpha value is -3.55. The van der Waals surface area contributed by atoms with E-state index in [1.54, 1.807) is 6.07 Å². The number of nitrogens with zero attached hydrogens (tertiary/aromatic N) is 2. The number of hydrogen-bond acceptors (Lipinski definition) is 6. The zero-order valence-corrected chi connectivity index (χ0v) is 12.5. The van der Waals surface area contributed by atoms with Crippen LogP contribution >= 0.6 is 0 Å². The van der Waals surface area contributed by atoms with E-state index in [0.717, 1.165) is 6.08 Å². The van der Waals surface area contributed by atoms with Crippen molar-refractivity contribution < 1.29 is 19.4 Å². The molecule has 0 fully saturated rings. The van der Waals surface area contributed by atoms with E-state index in [0.29, 0.717) is 5.56 Å². The number of hydrogen-bond donors (Lipinski definition) is 0. The number of rotatable bonds is 5. The first-order chi connectivity index (χ1) is 11.4. The van der Waals surface area contributed by atoms with Gasteiger partial charge in [-0.05, 0) is 31.2 Å². The third-order valence-corrected chi connectivity index (χ3v) is 3.12. The molecular weight excluding hydrogens is 316 g/mol. The van der Waals surface area contributed by atoms with Crippen molar-refractivity contribution in [2.75, 3.05) is 0 Å². The van der Waals surface area contributed by atoms with Gasteiger partial charge in [0.1, 0.15) is 5.75 Å². The third kappa shape index (κ3) is 4.01. The summed E-state index contributed by atoms with van der Waals surface area (Å²) in [6.45, 7) is 1.53.